The topological polar surface area (TPSA) is 73.5 Å². The van der Waals surface area contributed by atoms with Crippen LogP contribution >= 0.6 is 24.0 Å². The molecule has 1 aliphatic rings. The van der Waals surface area contributed by atoms with Crippen LogP contribution in [0.1, 0.15) is 12.0 Å². The molecule has 24 heavy (non-hydrogen) atoms. The molecule has 8 heteroatoms. The van der Waals surface area contributed by atoms with E-state index in [1.165, 1.54) is 0 Å². The van der Waals surface area contributed by atoms with E-state index in [-0.39, 0.29) is 30.9 Å². The van der Waals surface area contributed by atoms with Crippen LogP contribution in [0.3, 0.4) is 0 Å². The number of likely N-dealkylation sites (tertiary alicyclic amines) is 1. The van der Waals surface area contributed by atoms with Crippen LogP contribution in [-0.4, -0.2) is 50.1 Å². The number of hydrogen-bond acceptors (Lipinski definition) is 3. The fourth-order valence-electron chi connectivity index (χ4n) is 2.63. The van der Waals surface area contributed by atoms with Crippen LogP contribution in [0.2, 0.25) is 5.02 Å². The maximum Gasteiger partial charge on any atom is 0.315 e. The van der Waals surface area contributed by atoms with E-state index < -0.39 is 0 Å². The Balaban J connectivity index is 0.00000288. The summed E-state index contributed by atoms with van der Waals surface area (Å²) in [7, 11) is 1.91. The van der Waals surface area contributed by atoms with Crippen molar-refractivity contribution >= 4 is 35.9 Å². The Bertz CT molecular complexity index is 539. The highest BCUT2D eigenvalue weighted by atomic mass is 35.5. The monoisotopic (exact) mass is 374 g/mol. The predicted octanol–water partition coefficient (Wildman–Crippen LogP) is 1.63. The van der Waals surface area contributed by atoms with Gasteiger partial charge >= 0.3 is 6.03 Å². The molecule has 0 aliphatic carbocycles. The summed E-state index contributed by atoms with van der Waals surface area (Å²) in [6, 6.07) is 6.89. The Hall–Kier alpha value is -1.50. The van der Waals surface area contributed by atoms with Crippen molar-refractivity contribution < 1.29 is 9.59 Å². The zero-order valence-electron chi connectivity index (χ0n) is 13.7. The number of halogens is 2. The van der Waals surface area contributed by atoms with Crippen molar-refractivity contribution in [1.82, 2.24) is 20.9 Å². The number of rotatable bonds is 6. The molecular formula is C16H24Cl2N4O2. The van der Waals surface area contributed by atoms with Gasteiger partial charge in [-0.1, -0.05) is 23.7 Å². The van der Waals surface area contributed by atoms with E-state index in [4.69, 9.17) is 11.6 Å². The van der Waals surface area contributed by atoms with Gasteiger partial charge in [-0.15, -0.1) is 12.4 Å². The van der Waals surface area contributed by atoms with Gasteiger partial charge < -0.3 is 20.9 Å². The second-order valence-electron chi connectivity index (χ2n) is 5.71. The Morgan fingerprint density at radius 1 is 1.25 bits per heavy atom. The number of benzene rings is 1. The summed E-state index contributed by atoms with van der Waals surface area (Å²) < 4.78 is 0. The zero-order valence-corrected chi connectivity index (χ0v) is 15.3. The number of carbonyl (C=O) groups excluding carboxylic acids is 2. The van der Waals surface area contributed by atoms with Gasteiger partial charge in [-0.3, -0.25) is 4.79 Å². The number of hydrogen-bond donors (Lipinski definition) is 3. The maximum absolute atomic E-state index is 12.1. The lowest BCUT2D eigenvalue weighted by Gasteiger charge is -2.17. The standard InChI is InChI=1S/C16H23ClN4O2.ClH/c1-18-8-13-6-7-21(11-13)15(22)10-20-16(23)19-9-12-2-4-14(17)5-3-12;/h2-5,13,18H,6-11H2,1H3,(H2,19,20,23);1H. The summed E-state index contributed by atoms with van der Waals surface area (Å²) in [4.78, 5) is 25.6. The third-order valence-electron chi connectivity index (χ3n) is 3.90. The Kier molecular flexibility index (Phi) is 8.89. The van der Waals surface area contributed by atoms with E-state index >= 15 is 0 Å². The van der Waals surface area contributed by atoms with Gasteiger partial charge in [-0.2, -0.15) is 0 Å². The van der Waals surface area contributed by atoms with Crippen LogP contribution in [0.15, 0.2) is 24.3 Å². The van der Waals surface area contributed by atoms with Gasteiger partial charge in [0.15, 0.2) is 0 Å². The first-order valence-electron chi connectivity index (χ1n) is 7.77. The van der Waals surface area contributed by atoms with Crippen LogP contribution in [0.4, 0.5) is 4.79 Å². The number of carbonyl (C=O) groups is 2. The minimum Gasteiger partial charge on any atom is -0.341 e. The molecule has 2 rings (SSSR count). The predicted molar refractivity (Wildman–Crippen MR) is 97.6 cm³/mol. The highest BCUT2D eigenvalue weighted by Gasteiger charge is 2.25. The van der Waals surface area contributed by atoms with E-state index in [2.05, 4.69) is 16.0 Å². The second-order valence-corrected chi connectivity index (χ2v) is 6.15. The number of nitrogens with zero attached hydrogens (tertiary/aromatic N) is 1. The van der Waals surface area contributed by atoms with Crippen LogP contribution < -0.4 is 16.0 Å². The summed E-state index contributed by atoms with van der Waals surface area (Å²) in [6.07, 6.45) is 1.01. The quantitative estimate of drug-likeness (QED) is 0.708. The highest BCUT2D eigenvalue weighted by molar-refractivity contribution is 6.30. The molecule has 1 fully saturated rings. The minimum atomic E-state index is -0.348. The number of amides is 3. The van der Waals surface area contributed by atoms with E-state index in [1.807, 2.05) is 24.1 Å². The average molecular weight is 375 g/mol. The largest absolute Gasteiger partial charge is 0.341 e. The fourth-order valence-corrected chi connectivity index (χ4v) is 2.76. The zero-order chi connectivity index (χ0) is 16.7. The smallest absolute Gasteiger partial charge is 0.315 e. The van der Waals surface area contributed by atoms with E-state index in [1.54, 1.807) is 12.1 Å². The van der Waals surface area contributed by atoms with Crippen molar-refractivity contribution in [2.24, 2.45) is 5.92 Å². The molecule has 3 amide bonds. The summed E-state index contributed by atoms with van der Waals surface area (Å²) >= 11 is 5.81. The molecule has 1 aliphatic heterocycles. The first kappa shape index (κ1) is 20.5. The lowest BCUT2D eigenvalue weighted by Crippen LogP contribution is -2.43. The summed E-state index contributed by atoms with van der Waals surface area (Å²) in [6.45, 7) is 2.86. The molecule has 1 saturated heterocycles. The fraction of sp³-hybridized carbons (Fsp3) is 0.500. The lowest BCUT2D eigenvalue weighted by atomic mass is 10.1. The second kappa shape index (κ2) is 10.4. The lowest BCUT2D eigenvalue weighted by molar-refractivity contribution is -0.129. The molecule has 3 N–H and O–H groups in total. The third kappa shape index (κ3) is 6.55. The molecule has 134 valence electrons. The van der Waals surface area contributed by atoms with Crippen molar-refractivity contribution in [2.75, 3.05) is 33.2 Å². The molecule has 6 nitrogen and oxygen atoms in total. The summed E-state index contributed by atoms with van der Waals surface area (Å²) in [5.41, 5.74) is 0.949. The molecule has 0 radical (unpaired) electrons. The normalized spacial score (nSPS) is 16.4. The Labute approximate surface area is 153 Å². The number of urea groups is 1. The van der Waals surface area contributed by atoms with Crippen LogP contribution in [0, 0.1) is 5.92 Å². The van der Waals surface area contributed by atoms with Gasteiger partial charge in [0, 0.05) is 24.7 Å². The molecule has 0 saturated carbocycles. The summed E-state index contributed by atoms with van der Waals surface area (Å²) in [5.74, 6) is 0.466. The van der Waals surface area contributed by atoms with Gasteiger partial charge in [-0.05, 0) is 43.6 Å². The van der Waals surface area contributed by atoms with Gasteiger partial charge in [0.1, 0.15) is 0 Å². The Morgan fingerprint density at radius 3 is 2.62 bits per heavy atom. The molecule has 1 aromatic rings. The van der Waals surface area contributed by atoms with Crippen LogP contribution in [0.25, 0.3) is 0 Å². The van der Waals surface area contributed by atoms with Crippen LogP contribution in [-0.2, 0) is 11.3 Å². The first-order chi connectivity index (χ1) is 11.1. The summed E-state index contributed by atoms with van der Waals surface area (Å²) in [5, 5.41) is 9.11. The first-order valence-corrected chi connectivity index (χ1v) is 8.15. The minimum absolute atomic E-state index is 0. The van der Waals surface area contributed by atoms with Gasteiger partial charge in [0.05, 0.1) is 6.54 Å². The molecule has 0 spiro atoms. The molecule has 1 unspecified atom stereocenters. The van der Waals surface area contributed by atoms with Crippen molar-refractivity contribution in [3.05, 3.63) is 34.9 Å². The maximum atomic E-state index is 12.1. The van der Waals surface area contributed by atoms with Crippen molar-refractivity contribution in [3.8, 4) is 0 Å². The molecule has 1 atom stereocenters. The average Bonchev–Trinajstić information content (AvgIpc) is 3.01. The number of nitrogens with one attached hydrogen (secondary N) is 3. The molecule has 1 heterocycles. The third-order valence-corrected chi connectivity index (χ3v) is 4.15. The van der Waals surface area contributed by atoms with Gasteiger partial charge in [0.25, 0.3) is 0 Å². The van der Waals surface area contributed by atoms with Crippen molar-refractivity contribution in [3.63, 3.8) is 0 Å². The van der Waals surface area contributed by atoms with Gasteiger partial charge in [-0.25, -0.2) is 4.79 Å². The van der Waals surface area contributed by atoms with E-state index in [9.17, 15) is 9.59 Å². The van der Waals surface area contributed by atoms with Crippen molar-refractivity contribution in [2.45, 2.75) is 13.0 Å². The van der Waals surface area contributed by atoms with Gasteiger partial charge in [0.2, 0.25) is 5.91 Å². The molecule has 1 aromatic carbocycles. The van der Waals surface area contributed by atoms with E-state index in [0.717, 1.165) is 31.6 Å². The highest BCUT2D eigenvalue weighted by Crippen LogP contribution is 2.15. The molecule has 0 aromatic heterocycles. The molecular weight excluding hydrogens is 351 g/mol. The van der Waals surface area contributed by atoms with Crippen molar-refractivity contribution in [1.29, 1.82) is 0 Å². The van der Waals surface area contributed by atoms with E-state index in [0.29, 0.717) is 17.5 Å². The molecule has 0 bridgehead atoms. The van der Waals surface area contributed by atoms with Crippen LogP contribution in [0.5, 0.6) is 0 Å². The SMILES string of the molecule is CNCC1CCN(C(=O)CNC(=O)NCc2ccc(Cl)cc2)C1.Cl. The Morgan fingerprint density at radius 2 is 1.96 bits per heavy atom.